The monoisotopic (exact) mass is 283 g/mol. The molecule has 0 aromatic carbocycles. The van der Waals surface area contributed by atoms with E-state index in [-0.39, 0.29) is 25.1 Å². The number of rotatable bonds is 4. The van der Waals surface area contributed by atoms with Crippen LogP contribution in [0, 0.1) is 0 Å². The molecule has 1 aromatic rings. The van der Waals surface area contributed by atoms with Crippen molar-refractivity contribution in [2.45, 2.75) is 30.8 Å². The summed E-state index contributed by atoms with van der Waals surface area (Å²) in [6, 6.07) is 0. The van der Waals surface area contributed by atoms with E-state index in [1.54, 1.807) is 0 Å². The molecule has 5 N–H and O–H groups in total. The smallest absolute Gasteiger partial charge is 0.330 e. The lowest BCUT2D eigenvalue weighted by Gasteiger charge is -2.30. The van der Waals surface area contributed by atoms with Crippen LogP contribution in [0.25, 0.3) is 0 Å². The summed E-state index contributed by atoms with van der Waals surface area (Å²) in [6.45, 7) is 3.22. The second kappa shape index (κ2) is 5.23. The van der Waals surface area contributed by atoms with Crippen molar-refractivity contribution in [2.75, 3.05) is 12.3 Å². The number of anilines is 1. The van der Waals surface area contributed by atoms with Crippen molar-refractivity contribution in [1.82, 2.24) is 9.55 Å². The molecule has 0 spiro atoms. The Morgan fingerprint density at radius 1 is 1.65 bits per heavy atom. The number of H-pyrrole nitrogens is 1. The number of aromatic amines is 1. The minimum Gasteiger partial charge on any atom is -0.394 e. The first kappa shape index (κ1) is 14.5. The molecule has 1 fully saturated rings. The zero-order valence-corrected chi connectivity index (χ0v) is 10.8. The van der Waals surface area contributed by atoms with Gasteiger partial charge in [-0.3, -0.25) is 14.3 Å². The van der Waals surface area contributed by atoms with Crippen LogP contribution in [-0.2, 0) is 10.5 Å². The fourth-order valence-corrected chi connectivity index (χ4v) is 2.42. The van der Waals surface area contributed by atoms with Crippen LogP contribution in [0.1, 0.15) is 12.8 Å². The van der Waals surface area contributed by atoms with Crippen LogP contribution in [0.5, 0.6) is 0 Å². The Bertz CT molecular complexity index is 622. The Hall–Kier alpha value is -1.90. The molecule has 20 heavy (non-hydrogen) atoms. The number of aliphatic hydroxyl groups is 2. The summed E-state index contributed by atoms with van der Waals surface area (Å²) in [6.07, 6.45) is 1.26. The molecule has 0 saturated carbocycles. The third kappa shape index (κ3) is 2.28. The fourth-order valence-electron chi connectivity index (χ4n) is 2.42. The highest BCUT2D eigenvalue weighted by atomic mass is 16.6. The fraction of sp³-hybridized carbons (Fsp3) is 0.500. The Balaban J connectivity index is 2.55. The summed E-state index contributed by atoms with van der Waals surface area (Å²) in [5, 5.41) is 19.1. The van der Waals surface area contributed by atoms with Crippen molar-refractivity contribution < 1.29 is 14.9 Å². The van der Waals surface area contributed by atoms with E-state index in [0.717, 1.165) is 4.57 Å². The first-order valence-electron chi connectivity index (χ1n) is 6.13. The quantitative estimate of drug-likeness (QED) is 0.497. The Labute approximate surface area is 114 Å². The van der Waals surface area contributed by atoms with Gasteiger partial charge in [0.15, 0.2) is 5.72 Å². The van der Waals surface area contributed by atoms with E-state index in [1.807, 2.05) is 0 Å². The maximum atomic E-state index is 12.0. The number of nitrogens with two attached hydrogens (primary N) is 1. The zero-order chi connectivity index (χ0) is 14.9. The minimum atomic E-state index is -1.22. The van der Waals surface area contributed by atoms with Crippen LogP contribution in [0.4, 0.5) is 5.69 Å². The highest BCUT2D eigenvalue weighted by Crippen LogP contribution is 2.37. The van der Waals surface area contributed by atoms with Gasteiger partial charge in [0.1, 0.15) is 11.8 Å². The molecule has 1 aliphatic heterocycles. The van der Waals surface area contributed by atoms with Crippen molar-refractivity contribution in [3.63, 3.8) is 0 Å². The predicted octanol–water partition coefficient (Wildman–Crippen LogP) is -1.51. The Morgan fingerprint density at radius 3 is 2.90 bits per heavy atom. The largest absolute Gasteiger partial charge is 0.394 e. The minimum absolute atomic E-state index is 0.0790. The molecule has 1 aromatic heterocycles. The van der Waals surface area contributed by atoms with Crippen LogP contribution in [0.3, 0.4) is 0 Å². The van der Waals surface area contributed by atoms with Gasteiger partial charge in [-0.2, -0.15) is 0 Å². The summed E-state index contributed by atoms with van der Waals surface area (Å²) >= 11 is 0. The molecule has 2 heterocycles. The summed E-state index contributed by atoms with van der Waals surface area (Å²) in [4.78, 5) is 25.3. The van der Waals surface area contributed by atoms with Gasteiger partial charge < -0.3 is 20.7 Å². The number of nitrogen functional groups attached to an aromatic ring is 1. The lowest BCUT2D eigenvalue weighted by atomic mass is 10.0. The molecule has 3 atom stereocenters. The highest BCUT2D eigenvalue weighted by molar-refractivity contribution is 5.30. The van der Waals surface area contributed by atoms with Gasteiger partial charge in [0.25, 0.3) is 5.56 Å². The molecule has 0 amide bonds. The lowest BCUT2D eigenvalue weighted by molar-refractivity contribution is -0.117. The molecule has 0 bridgehead atoms. The number of ether oxygens (including phenoxy) is 1. The zero-order valence-electron chi connectivity index (χ0n) is 10.8. The Morgan fingerprint density at radius 2 is 2.35 bits per heavy atom. The second-order valence-corrected chi connectivity index (χ2v) is 4.76. The van der Waals surface area contributed by atoms with Crippen LogP contribution < -0.4 is 17.0 Å². The number of hydrogen-bond acceptors (Lipinski definition) is 6. The van der Waals surface area contributed by atoms with Gasteiger partial charge in [0.05, 0.1) is 12.7 Å². The van der Waals surface area contributed by atoms with Crippen LogP contribution >= 0.6 is 0 Å². The molecule has 0 aliphatic carbocycles. The second-order valence-electron chi connectivity index (χ2n) is 4.76. The first-order valence-corrected chi connectivity index (χ1v) is 6.13. The van der Waals surface area contributed by atoms with Gasteiger partial charge in [-0.1, -0.05) is 6.08 Å². The molecule has 8 nitrogen and oxygen atoms in total. The standard InChI is InChI=1S/C12H17N3O5/c1-2-3-12(4-8(17)9(6-16)20-12)15-5-7(13)10(18)14-11(15)19/h2,5,8-9,16-17H,1,3-4,6,13H2,(H,14,18,19)/t8-,9+,12+/m0/s1. The number of hydrogen-bond donors (Lipinski definition) is 4. The van der Waals surface area contributed by atoms with E-state index >= 15 is 0 Å². The van der Waals surface area contributed by atoms with Crippen molar-refractivity contribution in [1.29, 1.82) is 0 Å². The summed E-state index contributed by atoms with van der Waals surface area (Å²) in [5.41, 5.74) is 2.78. The summed E-state index contributed by atoms with van der Waals surface area (Å²) in [7, 11) is 0. The van der Waals surface area contributed by atoms with Crippen molar-refractivity contribution in [3.05, 3.63) is 39.7 Å². The highest BCUT2D eigenvalue weighted by Gasteiger charge is 2.47. The average molecular weight is 283 g/mol. The molecular formula is C12H17N3O5. The van der Waals surface area contributed by atoms with E-state index in [9.17, 15) is 19.8 Å². The van der Waals surface area contributed by atoms with E-state index in [1.165, 1.54) is 12.3 Å². The molecule has 0 unspecified atom stereocenters. The molecule has 110 valence electrons. The molecule has 1 saturated heterocycles. The van der Waals surface area contributed by atoms with E-state index in [2.05, 4.69) is 11.6 Å². The van der Waals surface area contributed by atoms with E-state index < -0.39 is 29.2 Å². The molecule has 0 radical (unpaired) electrons. The topological polar surface area (TPSA) is 131 Å². The molecule has 1 aliphatic rings. The lowest BCUT2D eigenvalue weighted by Crippen LogP contribution is -2.44. The van der Waals surface area contributed by atoms with Crippen molar-refractivity contribution >= 4 is 5.69 Å². The first-order chi connectivity index (χ1) is 9.43. The number of nitrogens with zero attached hydrogens (tertiary/aromatic N) is 1. The SMILES string of the molecule is C=CC[C@]1(n2cc(N)c(=O)[nH]c2=O)C[C@H](O)[C@@H](CO)O1. The van der Waals surface area contributed by atoms with Crippen LogP contribution in [0.15, 0.2) is 28.4 Å². The van der Waals surface area contributed by atoms with Gasteiger partial charge in [-0.25, -0.2) is 4.79 Å². The van der Waals surface area contributed by atoms with Gasteiger partial charge in [0, 0.05) is 19.0 Å². The number of nitrogens with one attached hydrogen (secondary N) is 1. The third-order valence-electron chi connectivity index (χ3n) is 3.38. The van der Waals surface area contributed by atoms with Gasteiger partial charge in [-0.05, 0) is 0 Å². The molecule has 2 rings (SSSR count). The average Bonchev–Trinajstić information content (AvgIpc) is 2.71. The predicted molar refractivity (Wildman–Crippen MR) is 71.1 cm³/mol. The number of aliphatic hydroxyl groups excluding tert-OH is 2. The van der Waals surface area contributed by atoms with E-state index in [4.69, 9.17) is 10.5 Å². The van der Waals surface area contributed by atoms with Gasteiger partial charge >= 0.3 is 5.69 Å². The normalized spacial score (nSPS) is 29.5. The number of aromatic nitrogens is 2. The summed E-state index contributed by atoms with van der Waals surface area (Å²) in [5.74, 6) is 0. The maximum absolute atomic E-state index is 12.0. The third-order valence-corrected chi connectivity index (χ3v) is 3.38. The Kier molecular flexibility index (Phi) is 3.80. The summed E-state index contributed by atoms with van der Waals surface area (Å²) < 4.78 is 6.76. The van der Waals surface area contributed by atoms with Crippen molar-refractivity contribution in [3.8, 4) is 0 Å². The van der Waals surface area contributed by atoms with Crippen molar-refractivity contribution in [2.24, 2.45) is 0 Å². The van der Waals surface area contributed by atoms with Crippen LogP contribution in [0.2, 0.25) is 0 Å². The molecule has 8 heteroatoms. The van der Waals surface area contributed by atoms with Crippen LogP contribution in [-0.4, -0.2) is 38.6 Å². The van der Waals surface area contributed by atoms with Gasteiger partial charge in [0.2, 0.25) is 0 Å². The maximum Gasteiger partial charge on any atom is 0.330 e. The van der Waals surface area contributed by atoms with E-state index in [0.29, 0.717) is 0 Å². The molecular weight excluding hydrogens is 266 g/mol. The van der Waals surface area contributed by atoms with Gasteiger partial charge in [-0.15, -0.1) is 6.58 Å².